The molecule has 1 atom stereocenters. The smallest absolute Gasteiger partial charge is 0.342 e. The second kappa shape index (κ2) is 9.70. The molecule has 0 saturated carbocycles. The van der Waals surface area contributed by atoms with E-state index >= 15 is 0 Å². The molecule has 3 heterocycles. The molecule has 3 amide bonds. The molecular formula is C23H29F3N4O3. The molecule has 0 N–H and O–H groups in total. The van der Waals surface area contributed by atoms with Gasteiger partial charge in [-0.25, -0.2) is 0 Å². The van der Waals surface area contributed by atoms with Gasteiger partial charge in [0.1, 0.15) is 0 Å². The van der Waals surface area contributed by atoms with Crippen LogP contribution in [-0.2, 0) is 20.6 Å². The Bertz CT molecular complexity index is 893. The number of halogens is 3. The summed E-state index contributed by atoms with van der Waals surface area (Å²) in [6.07, 6.45) is -1.25. The fourth-order valence-corrected chi connectivity index (χ4v) is 4.79. The Kier molecular flexibility index (Phi) is 6.92. The summed E-state index contributed by atoms with van der Waals surface area (Å²) in [7, 11) is 0. The van der Waals surface area contributed by atoms with Gasteiger partial charge >= 0.3 is 6.18 Å². The first kappa shape index (κ1) is 23.5. The normalized spacial score (nSPS) is 22.7. The van der Waals surface area contributed by atoms with Crippen molar-refractivity contribution in [2.24, 2.45) is 5.92 Å². The highest BCUT2D eigenvalue weighted by Crippen LogP contribution is 2.33. The van der Waals surface area contributed by atoms with Crippen molar-refractivity contribution in [2.75, 3.05) is 57.3 Å². The van der Waals surface area contributed by atoms with Gasteiger partial charge in [0.05, 0.1) is 18.0 Å². The first-order chi connectivity index (χ1) is 15.7. The van der Waals surface area contributed by atoms with Crippen molar-refractivity contribution < 1.29 is 27.6 Å². The minimum Gasteiger partial charge on any atom is -0.342 e. The number of benzene rings is 1. The van der Waals surface area contributed by atoms with E-state index in [0.29, 0.717) is 32.7 Å². The molecule has 1 unspecified atom stereocenters. The van der Waals surface area contributed by atoms with Crippen molar-refractivity contribution in [1.82, 2.24) is 14.7 Å². The van der Waals surface area contributed by atoms with Gasteiger partial charge in [0.15, 0.2) is 0 Å². The lowest BCUT2D eigenvalue weighted by Gasteiger charge is -2.37. The highest BCUT2D eigenvalue weighted by molar-refractivity contribution is 6.00. The fourth-order valence-electron chi connectivity index (χ4n) is 4.79. The van der Waals surface area contributed by atoms with E-state index in [0.717, 1.165) is 38.1 Å². The molecule has 3 aliphatic heterocycles. The zero-order chi connectivity index (χ0) is 23.6. The van der Waals surface area contributed by atoms with E-state index in [2.05, 4.69) is 4.90 Å². The molecule has 0 spiro atoms. The van der Waals surface area contributed by atoms with Crippen molar-refractivity contribution in [2.45, 2.75) is 31.9 Å². The number of nitrogens with zero attached hydrogens (tertiary/aromatic N) is 4. The van der Waals surface area contributed by atoms with Crippen LogP contribution in [0.2, 0.25) is 0 Å². The quantitative estimate of drug-likeness (QED) is 0.683. The van der Waals surface area contributed by atoms with Gasteiger partial charge in [0, 0.05) is 57.9 Å². The Morgan fingerprint density at radius 3 is 2.30 bits per heavy atom. The number of rotatable bonds is 4. The summed E-state index contributed by atoms with van der Waals surface area (Å²) in [5.74, 6) is -0.945. The van der Waals surface area contributed by atoms with Crippen LogP contribution in [0.3, 0.4) is 0 Å². The van der Waals surface area contributed by atoms with Crippen molar-refractivity contribution in [3.63, 3.8) is 0 Å². The van der Waals surface area contributed by atoms with E-state index in [1.165, 1.54) is 23.5 Å². The predicted molar refractivity (Wildman–Crippen MR) is 115 cm³/mol. The third-order valence-electron chi connectivity index (χ3n) is 6.71. The van der Waals surface area contributed by atoms with Crippen LogP contribution in [0.4, 0.5) is 18.9 Å². The molecule has 3 aliphatic rings. The zero-order valence-corrected chi connectivity index (χ0v) is 18.5. The van der Waals surface area contributed by atoms with Crippen LogP contribution in [0.5, 0.6) is 0 Å². The molecular weight excluding hydrogens is 437 g/mol. The summed E-state index contributed by atoms with van der Waals surface area (Å²) in [5.41, 5.74) is -0.663. The van der Waals surface area contributed by atoms with Gasteiger partial charge in [-0.2, -0.15) is 13.2 Å². The first-order valence-electron chi connectivity index (χ1n) is 11.5. The number of hydrogen-bond donors (Lipinski definition) is 0. The predicted octanol–water partition coefficient (Wildman–Crippen LogP) is 2.21. The van der Waals surface area contributed by atoms with Gasteiger partial charge < -0.3 is 14.7 Å². The zero-order valence-electron chi connectivity index (χ0n) is 18.5. The van der Waals surface area contributed by atoms with Crippen LogP contribution in [0.25, 0.3) is 0 Å². The molecule has 1 aromatic rings. The average Bonchev–Trinajstić information content (AvgIpc) is 3.21. The number of piperazine rings is 1. The number of anilines is 1. The maximum absolute atomic E-state index is 13.0. The maximum atomic E-state index is 13.0. The number of hydrogen-bond acceptors (Lipinski definition) is 4. The number of carbonyl (C=O) groups excluding carboxylic acids is 3. The number of carbonyl (C=O) groups is 3. The van der Waals surface area contributed by atoms with E-state index in [9.17, 15) is 27.6 Å². The lowest BCUT2D eigenvalue weighted by molar-refractivity contribution is -0.139. The van der Waals surface area contributed by atoms with Crippen molar-refractivity contribution in [3.05, 3.63) is 29.8 Å². The van der Waals surface area contributed by atoms with Crippen molar-refractivity contribution >= 4 is 23.4 Å². The lowest BCUT2D eigenvalue weighted by Crippen LogP contribution is -2.53. The van der Waals surface area contributed by atoms with Gasteiger partial charge in [-0.15, -0.1) is 0 Å². The molecule has 4 rings (SSSR count). The maximum Gasteiger partial charge on any atom is 0.416 e. The van der Waals surface area contributed by atoms with E-state index in [1.807, 2.05) is 4.90 Å². The minimum atomic E-state index is -4.50. The van der Waals surface area contributed by atoms with E-state index in [4.69, 9.17) is 0 Å². The van der Waals surface area contributed by atoms with Crippen LogP contribution in [-0.4, -0.2) is 84.8 Å². The molecule has 33 heavy (non-hydrogen) atoms. The highest BCUT2D eigenvalue weighted by Gasteiger charge is 2.39. The summed E-state index contributed by atoms with van der Waals surface area (Å²) >= 11 is 0. The molecule has 7 nitrogen and oxygen atoms in total. The van der Waals surface area contributed by atoms with E-state index < -0.39 is 17.7 Å². The van der Waals surface area contributed by atoms with Crippen LogP contribution in [0.15, 0.2) is 24.3 Å². The van der Waals surface area contributed by atoms with Gasteiger partial charge in [0.2, 0.25) is 17.7 Å². The Hall–Kier alpha value is -2.62. The first-order valence-corrected chi connectivity index (χ1v) is 11.5. The van der Waals surface area contributed by atoms with Crippen molar-refractivity contribution in [3.8, 4) is 0 Å². The molecule has 1 aromatic carbocycles. The standard InChI is InChI=1S/C23H29F3N4O3/c24-23(25,26)18-5-4-6-19(14-18)30-15-17(13-20(30)31)22(33)29-11-9-27(10-12-29)16-21(32)28-7-2-1-3-8-28/h4-6,14,17H,1-3,7-13,15-16H2. The molecule has 10 heteroatoms. The third-order valence-corrected chi connectivity index (χ3v) is 6.71. The highest BCUT2D eigenvalue weighted by atomic mass is 19.4. The average molecular weight is 467 g/mol. The topological polar surface area (TPSA) is 64.2 Å². The second-order valence-electron chi connectivity index (χ2n) is 9.00. The molecule has 0 bridgehead atoms. The summed E-state index contributed by atoms with van der Waals surface area (Å²) in [6.45, 7) is 4.18. The van der Waals surface area contributed by atoms with Crippen LogP contribution < -0.4 is 4.90 Å². The number of amides is 3. The molecule has 3 fully saturated rings. The molecule has 3 saturated heterocycles. The summed E-state index contributed by atoms with van der Waals surface area (Å²) in [6, 6.07) is 4.63. The molecule has 0 aliphatic carbocycles. The Labute approximate surface area is 191 Å². The Morgan fingerprint density at radius 2 is 1.64 bits per heavy atom. The van der Waals surface area contributed by atoms with E-state index in [-0.39, 0.29) is 36.4 Å². The number of alkyl halides is 3. The minimum absolute atomic E-state index is 0.0112. The monoisotopic (exact) mass is 466 g/mol. The van der Waals surface area contributed by atoms with Crippen LogP contribution in [0.1, 0.15) is 31.2 Å². The lowest BCUT2D eigenvalue weighted by atomic mass is 10.1. The molecule has 0 aromatic heterocycles. The Morgan fingerprint density at radius 1 is 0.939 bits per heavy atom. The second-order valence-corrected chi connectivity index (χ2v) is 9.00. The third kappa shape index (κ3) is 5.48. The molecule has 180 valence electrons. The summed E-state index contributed by atoms with van der Waals surface area (Å²) < 4.78 is 39.1. The van der Waals surface area contributed by atoms with Crippen LogP contribution in [0, 0.1) is 5.92 Å². The van der Waals surface area contributed by atoms with Crippen molar-refractivity contribution in [1.29, 1.82) is 0 Å². The number of likely N-dealkylation sites (tertiary alicyclic amines) is 1. The van der Waals surface area contributed by atoms with Gasteiger partial charge in [0.25, 0.3) is 0 Å². The van der Waals surface area contributed by atoms with Gasteiger partial charge in [-0.05, 0) is 37.5 Å². The van der Waals surface area contributed by atoms with Gasteiger partial charge in [-0.3, -0.25) is 19.3 Å². The summed E-state index contributed by atoms with van der Waals surface area (Å²) in [5, 5.41) is 0. The van der Waals surface area contributed by atoms with Gasteiger partial charge in [-0.1, -0.05) is 6.07 Å². The largest absolute Gasteiger partial charge is 0.416 e. The fraction of sp³-hybridized carbons (Fsp3) is 0.609. The Balaban J connectivity index is 1.30. The molecule has 0 radical (unpaired) electrons. The van der Waals surface area contributed by atoms with E-state index in [1.54, 1.807) is 4.90 Å². The van der Waals surface area contributed by atoms with Crippen LogP contribution >= 0.6 is 0 Å². The summed E-state index contributed by atoms with van der Waals surface area (Å²) in [4.78, 5) is 44.9. The SMILES string of the molecule is O=C(CN1CCN(C(=O)C2CC(=O)N(c3cccc(C(F)(F)F)c3)C2)CC1)N1CCCCC1. The number of piperidine rings is 1.